The van der Waals surface area contributed by atoms with Gasteiger partial charge in [0.25, 0.3) is 0 Å². The summed E-state index contributed by atoms with van der Waals surface area (Å²) in [5.74, 6) is 0.711. The first kappa shape index (κ1) is 14.8. The second-order valence-corrected chi connectivity index (χ2v) is 3.76. The summed E-state index contributed by atoms with van der Waals surface area (Å²) in [7, 11) is 2.04. The molecule has 0 spiro atoms. The Bertz CT molecular complexity index is 267. The second kappa shape index (κ2) is 7.09. The topological polar surface area (TPSA) is 29.9 Å². The average molecular weight is 252 g/mol. The van der Waals surface area contributed by atoms with E-state index in [-0.39, 0.29) is 24.8 Å². The molecule has 0 aromatic carbocycles. The van der Waals surface area contributed by atoms with Crippen LogP contribution >= 0.6 is 24.8 Å². The third-order valence-corrected chi connectivity index (χ3v) is 2.85. The number of nitrogens with one attached hydrogen (secondary N) is 1. The van der Waals surface area contributed by atoms with Crippen LogP contribution in [0.25, 0.3) is 0 Å². The molecular weight excluding hydrogens is 233 g/mol. The van der Waals surface area contributed by atoms with Gasteiger partial charge in [-0.1, -0.05) is 0 Å². The van der Waals surface area contributed by atoms with Crippen LogP contribution in [0.4, 0.5) is 0 Å². The Morgan fingerprint density at radius 1 is 1.33 bits per heavy atom. The third kappa shape index (κ3) is 3.67. The van der Waals surface area contributed by atoms with E-state index >= 15 is 0 Å². The smallest absolute Gasteiger partial charge is 0.0492 e. The Labute approximate surface area is 103 Å². The molecule has 1 fully saturated rings. The fourth-order valence-electron chi connectivity index (χ4n) is 2.10. The van der Waals surface area contributed by atoms with Crippen molar-refractivity contribution < 1.29 is 0 Å². The van der Waals surface area contributed by atoms with Gasteiger partial charge in [-0.15, -0.1) is 24.8 Å². The summed E-state index contributed by atoms with van der Waals surface area (Å²) < 4.78 is 2.01. The first-order chi connectivity index (χ1) is 6.38. The lowest BCUT2D eigenvalue weighted by Crippen LogP contribution is -2.14. The molecule has 88 valence electrons. The molecule has 0 saturated carbocycles. The molecule has 1 aromatic rings. The van der Waals surface area contributed by atoms with E-state index in [2.05, 4.69) is 16.5 Å². The summed E-state index contributed by atoms with van der Waals surface area (Å²) in [6.45, 7) is 2.32. The van der Waals surface area contributed by atoms with Gasteiger partial charge in [-0.3, -0.25) is 4.68 Å². The van der Waals surface area contributed by atoms with Crippen LogP contribution in [0.15, 0.2) is 12.3 Å². The molecule has 1 atom stereocenters. The Kier molecular flexibility index (Phi) is 6.98. The zero-order valence-corrected chi connectivity index (χ0v) is 10.6. The number of hydrogen-bond acceptors (Lipinski definition) is 2. The normalized spacial score (nSPS) is 21.0. The van der Waals surface area contributed by atoms with Gasteiger partial charge in [0.1, 0.15) is 0 Å². The summed E-state index contributed by atoms with van der Waals surface area (Å²) in [5, 5.41) is 7.65. The van der Waals surface area contributed by atoms with Crippen LogP contribution < -0.4 is 5.32 Å². The molecule has 1 aromatic heterocycles. The maximum atomic E-state index is 4.22. The molecule has 0 bridgehead atoms. The van der Waals surface area contributed by atoms with Crippen molar-refractivity contribution in [2.24, 2.45) is 7.05 Å². The summed E-state index contributed by atoms with van der Waals surface area (Å²) >= 11 is 0. The SMILES string of the molecule is Cl.Cl.Cn1nccc1C1CCCNCC1. The van der Waals surface area contributed by atoms with E-state index in [1.807, 2.05) is 17.9 Å². The van der Waals surface area contributed by atoms with Gasteiger partial charge in [-0.2, -0.15) is 5.10 Å². The summed E-state index contributed by atoms with van der Waals surface area (Å²) in [4.78, 5) is 0. The average Bonchev–Trinajstić information content (AvgIpc) is 2.43. The Morgan fingerprint density at radius 3 is 2.80 bits per heavy atom. The first-order valence-corrected chi connectivity index (χ1v) is 5.06. The summed E-state index contributed by atoms with van der Waals surface area (Å²) in [5.41, 5.74) is 1.39. The molecule has 5 heteroatoms. The molecule has 1 saturated heterocycles. The molecule has 0 radical (unpaired) electrons. The first-order valence-electron chi connectivity index (χ1n) is 5.06. The van der Waals surface area contributed by atoms with Crippen molar-refractivity contribution in [2.45, 2.75) is 25.2 Å². The fraction of sp³-hybridized carbons (Fsp3) is 0.700. The van der Waals surface area contributed by atoms with E-state index in [9.17, 15) is 0 Å². The Balaban J connectivity index is 0.000000980. The van der Waals surface area contributed by atoms with Crippen LogP contribution in [0, 0.1) is 0 Å². The van der Waals surface area contributed by atoms with E-state index in [4.69, 9.17) is 0 Å². The van der Waals surface area contributed by atoms with Crippen molar-refractivity contribution in [3.63, 3.8) is 0 Å². The van der Waals surface area contributed by atoms with Gasteiger partial charge in [0.05, 0.1) is 0 Å². The highest BCUT2D eigenvalue weighted by Gasteiger charge is 2.16. The highest BCUT2D eigenvalue weighted by Crippen LogP contribution is 2.24. The predicted octanol–water partition coefficient (Wildman–Crippen LogP) is 2.12. The maximum Gasteiger partial charge on any atom is 0.0492 e. The van der Waals surface area contributed by atoms with Crippen molar-refractivity contribution in [3.05, 3.63) is 18.0 Å². The zero-order valence-electron chi connectivity index (χ0n) is 8.98. The summed E-state index contributed by atoms with van der Waals surface area (Å²) in [6, 6.07) is 2.15. The maximum absolute atomic E-state index is 4.22. The molecule has 1 unspecified atom stereocenters. The van der Waals surface area contributed by atoms with Crippen molar-refractivity contribution in [2.75, 3.05) is 13.1 Å². The van der Waals surface area contributed by atoms with Gasteiger partial charge in [0.2, 0.25) is 0 Å². The lowest BCUT2D eigenvalue weighted by Gasteiger charge is -2.13. The highest BCUT2D eigenvalue weighted by atomic mass is 35.5. The van der Waals surface area contributed by atoms with E-state index in [1.54, 1.807) is 0 Å². The van der Waals surface area contributed by atoms with Gasteiger partial charge in [0, 0.05) is 24.9 Å². The second-order valence-electron chi connectivity index (χ2n) is 3.76. The molecule has 0 amide bonds. The lowest BCUT2D eigenvalue weighted by molar-refractivity contribution is 0.553. The number of halogens is 2. The zero-order chi connectivity index (χ0) is 9.10. The predicted molar refractivity (Wildman–Crippen MR) is 67.2 cm³/mol. The van der Waals surface area contributed by atoms with E-state index in [0.717, 1.165) is 6.54 Å². The van der Waals surface area contributed by atoms with Crippen LogP contribution in [0.5, 0.6) is 0 Å². The fourth-order valence-corrected chi connectivity index (χ4v) is 2.10. The van der Waals surface area contributed by atoms with Crippen molar-refractivity contribution in [1.29, 1.82) is 0 Å². The Morgan fingerprint density at radius 2 is 2.13 bits per heavy atom. The highest BCUT2D eigenvalue weighted by molar-refractivity contribution is 5.85. The van der Waals surface area contributed by atoms with Gasteiger partial charge in [-0.25, -0.2) is 0 Å². The quantitative estimate of drug-likeness (QED) is 0.829. The van der Waals surface area contributed by atoms with Crippen LogP contribution in [-0.4, -0.2) is 22.9 Å². The largest absolute Gasteiger partial charge is 0.317 e. The number of aromatic nitrogens is 2. The number of rotatable bonds is 1. The minimum Gasteiger partial charge on any atom is -0.317 e. The third-order valence-electron chi connectivity index (χ3n) is 2.85. The minimum atomic E-state index is 0. The Hall–Kier alpha value is -0.250. The van der Waals surface area contributed by atoms with Crippen LogP contribution in [0.3, 0.4) is 0 Å². The minimum absolute atomic E-state index is 0. The van der Waals surface area contributed by atoms with Gasteiger partial charge >= 0.3 is 0 Å². The summed E-state index contributed by atoms with van der Waals surface area (Å²) in [6.07, 6.45) is 5.73. The molecule has 1 aliphatic rings. The number of aryl methyl sites for hydroxylation is 1. The number of nitrogens with zero attached hydrogens (tertiary/aromatic N) is 2. The molecule has 2 rings (SSSR count). The molecule has 3 nitrogen and oxygen atoms in total. The van der Waals surface area contributed by atoms with Crippen molar-refractivity contribution in [3.8, 4) is 0 Å². The molecular formula is C10H19Cl2N3. The van der Waals surface area contributed by atoms with Crippen LogP contribution in [0.2, 0.25) is 0 Å². The van der Waals surface area contributed by atoms with Crippen molar-refractivity contribution >= 4 is 24.8 Å². The molecule has 0 aliphatic carbocycles. The van der Waals surface area contributed by atoms with E-state index in [0.29, 0.717) is 5.92 Å². The molecule has 15 heavy (non-hydrogen) atoms. The van der Waals surface area contributed by atoms with Gasteiger partial charge in [-0.05, 0) is 38.4 Å². The standard InChI is InChI=1S/C10H17N3.2ClH/c1-13-10(5-8-12-13)9-3-2-6-11-7-4-9;;/h5,8-9,11H,2-4,6-7H2,1H3;2*1H. The van der Waals surface area contributed by atoms with Gasteiger partial charge < -0.3 is 5.32 Å². The monoisotopic (exact) mass is 251 g/mol. The lowest BCUT2D eigenvalue weighted by atomic mass is 9.97. The van der Waals surface area contributed by atoms with Crippen molar-refractivity contribution in [1.82, 2.24) is 15.1 Å². The molecule has 1 N–H and O–H groups in total. The molecule has 2 heterocycles. The van der Waals surface area contributed by atoms with Crippen LogP contribution in [0.1, 0.15) is 30.9 Å². The van der Waals surface area contributed by atoms with Crippen LogP contribution in [-0.2, 0) is 7.05 Å². The molecule has 1 aliphatic heterocycles. The van der Waals surface area contributed by atoms with E-state index < -0.39 is 0 Å². The van der Waals surface area contributed by atoms with E-state index in [1.165, 1.54) is 31.5 Å². The van der Waals surface area contributed by atoms with Gasteiger partial charge in [0.15, 0.2) is 0 Å². The number of hydrogen-bond donors (Lipinski definition) is 1.